The topological polar surface area (TPSA) is 111 Å². The molecule has 35 heavy (non-hydrogen) atoms. The molecule has 0 atom stereocenters. The van der Waals surface area contributed by atoms with E-state index in [1.165, 1.54) is 11.1 Å². The van der Waals surface area contributed by atoms with Crippen molar-refractivity contribution in [3.8, 4) is 18.2 Å². The Morgan fingerprint density at radius 2 is 1.86 bits per heavy atom. The third-order valence-corrected chi connectivity index (χ3v) is 6.76. The van der Waals surface area contributed by atoms with Crippen molar-refractivity contribution in [2.45, 2.75) is 45.1 Å². The molecule has 2 aliphatic carbocycles. The van der Waals surface area contributed by atoms with Gasteiger partial charge in [0.05, 0.1) is 5.56 Å². The third-order valence-electron chi connectivity index (χ3n) is 6.76. The summed E-state index contributed by atoms with van der Waals surface area (Å²) in [4.78, 5) is 12.8. The van der Waals surface area contributed by atoms with Gasteiger partial charge in [0.15, 0.2) is 11.3 Å². The van der Waals surface area contributed by atoms with Crippen molar-refractivity contribution in [2.75, 3.05) is 0 Å². The van der Waals surface area contributed by atoms with Gasteiger partial charge in [0.25, 0.3) is 0 Å². The Bertz CT molecular complexity index is 1620. The van der Waals surface area contributed by atoms with Crippen LogP contribution in [0.1, 0.15) is 56.2 Å². The standard InChI is InChI=1S/C29H21N3O3/c1-29(2)25(24(16-32)27(35-29)21(14-30)15-31)10-8-19-12-20-11-18-6-4-3-5-17-7-9-22(17)23(18)13-26(20)34-28(19)33/h4,6,8,10-13H,3,5,7,9H2,1-2H3/b6-4-,10-8+. The zero-order valence-electron chi connectivity index (χ0n) is 19.4. The van der Waals surface area contributed by atoms with Gasteiger partial charge in [-0.15, -0.1) is 0 Å². The molecule has 1 aromatic carbocycles. The van der Waals surface area contributed by atoms with E-state index in [0.717, 1.165) is 42.2 Å². The quantitative estimate of drug-likeness (QED) is 0.397. The smallest absolute Gasteiger partial charge is 0.343 e. The zero-order valence-corrected chi connectivity index (χ0v) is 19.4. The van der Waals surface area contributed by atoms with Crippen LogP contribution in [0.3, 0.4) is 0 Å². The second-order valence-corrected chi connectivity index (χ2v) is 9.26. The molecule has 1 aromatic heterocycles. The molecule has 5 rings (SSSR count). The van der Waals surface area contributed by atoms with Crippen molar-refractivity contribution >= 4 is 28.7 Å². The maximum absolute atomic E-state index is 12.8. The molecule has 0 N–H and O–H groups in total. The minimum atomic E-state index is -0.957. The molecule has 170 valence electrons. The van der Waals surface area contributed by atoms with E-state index in [4.69, 9.17) is 9.15 Å². The molecule has 0 amide bonds. The molecule has 3 aliphatic rings. The SMILES string of the molecule is CC1(C)OC(=C(C#N)C#N)C(C#N)=C1/C=C/c1cc2cc3c(cc2oc1=O)C1=C(CC/C=C\3)CC1. The second-order valence-electron chi connectivity index (χ2n) is 9.26. The van der Waals surface area contributed by atoms with Crippen molar-refractivity contribution < 1.29 is 9.15 Å². The van der Waals surface area contributed by atoms with Gasteiger partial charge in [-0.25, -0.2) is 4.79 Å². The summed E-state index contributed by atoms with van der Waals surface area (Å²) in [6.07, 6.45) is 11.8. The molecule has 2 heterocycles. The lowest BCUT2D eigenvalue weighted by atomic mass is 9.78. The van der Waals surface area contributed by atoms with Gasteiger partial charge >= 0.3 is 5.63 Å². The van der Waals surface area contributed by atoms with Crippen LogP contribution in [0.25, 0.3) is 28.7 Å². The fraction of sp³-hybridized carbons (Fsp3) is 0.241. The van der Waals surface area contributed by atoms with Crippen molar-refractivity contribution in [1.82, 2.24) is 0 Å². The summed E-state index contributed by atoms with van der Waals surface area (Å²) in [7, 11) is 0. The highest BCUT2D eigenvalue weighted by Gasteiger charge is 2.38. The van der Waals surface area contributed by atoms with Crippen LogP contribution in [0.2, 0.25) is 0 Å². The Kier molecular flexibility index (Phi) is 5.28. The molecule has 6 nitrogen and oxygen atoms in total. The van der Waals surface area contributed by atoms with E-state index in [-0.39, 0.29) is 16.9 Å². The predicted molar refractivity (Wildman–Crippen MR) is 132 cm³/mol. The number of hydrogen-bond acceptors (Lipinski definition) is 6. The maximum Gasteiger partial charge on any atom is 0.343 e. The van der Waals surface area contributed by atoms with E-state index in [0.29, 0.717) is 16.7 Å². The Morgan fingerprint density at radius 1 is 1.06 bits per heavy atom. The van der Waals surface area contributed by atoms with Crippen LogP contribution in [0.4, 0.5) is 0 Å². The Hall–Kier alpha value is -4.60. The number of nitriles is 3. The molecule has 0 bridgehead atoms. The largest absolute Gasteiger partial charge is 0.480 e. The van der Waals surface area contributed by atoms with E-state index >= 15 is 0 Å². The molecular formula is C29H21N3O3. The van der Waals surface area contributed by atoms with Crippen LogP contribution >= 0.6 is 0 Å². The number of ether oxygens (including phenoxy) is 1. The minimum Gasteiger partial charge on any atom is -0.480 e. The van der Waals surface area contributed by atoms with Crippen LogP contribution in [0, 0.1) is 34.0 Å². The Labute approximate surface area is 202 Å². The number of hydrogen-bond donors (Lipinski definition) is 0. The van der Waals surface area contributed by atoms with E-state index in [1.807, 2.05) is 18.2 Å². The van der Waals surface area contributed by atoms with Gasteiger partial charge in [-0.1, -0.05) is 23.8 Å². The van der Waals surface area contributed by atoms with E-state index in [9.17, 15) is 20.6 Å². The number of rotatable bonds is 2. The van der Waals surface area contributed by atoms with Crippen molar-refractivity contribution in [1.29, 1.82) is 15.8 Å². The van der Waals surface area contributed by atoms with Crippen molar-refractivity contribution in [3.63, 3.8) is 0 Å². The van der Waals surface area contributed by atoms with Gasteiger partial charge in [0, 0.05) is 11.0 Å². The van der Waals surface area contributed by atoms with E-state index in [2.05, 4.69) is 12.2 Å². The molecule has 0 spiro atoms. The summed E-state index contributed by atoms with van der Waals surface area (Å²) in [5, 5.41) is 29.0. The fourth-order valence-corrected chi connectivity index (χ4v) is 4.87. The average Bonchev–Trinajstić information content (AvgIpc) is 3.06. The summed E-state index contributed by atoms with van der Waals surface area (Å²) >= 11 is 0. The summed E-state index contributed by atoms with van der Waals surface area (Å²) in [6.45, 7) is 3.47. The molecule has 0 unspecified atom stereocenters. The number of nitrogens with zero attached hydrogens (tertiary/aromatic N) is 3. The van der Waals surface area contributed by atoms with E-state index in [1.54, 1.807) is 44.2 Å². The van der Waals surface area contributed by atoms with Gasteiger partial charge < -0.3 is 9.15 Å². The molecule has 0 saturated heterocycles. The minimum absolute atomic E-state index is 0.0391. The molecule has 0 radical (unpaired) electrons. The lowest BCUT2D eigenvalue weighted by molar-refractivity contribution is 0.0954. The monoisotopic (exact) mass is 459 g/mol. The highest BCUT2D eigenvalue weighted by atomic mass is 16.5. The summed E-state index contributed by atoms with van der Waals surface area (Å²) < 4.78 is 11.5. The highest BCUT2D eigenvalue weighted by Crippen LogP contribution is 2.43. The Morgan fingerprint density at radius 3 is 2.54 bits per heavy atom. The first-order valence-corrected chi connectivity index (χ1v) is 11.4. The highest BCUT2D eigenvalue weighted by molar-refractivity contribution is 5.90. The average molecular weight is 460 g/mol. The van der Waals surface area contributed by atoms with Gasteiger partial charge in [-0.3, -0.25) is 0 Å². The molecule has 0 fully saturated rings. The lowest BCUT2D eigenvalue weighted by Gasteiger charge is -2.27. The second kappa shape index (κ2) is 8.32. The normalized spacial score (nSPS) is 19.0. The third kappa shape index (κ3) is 3.68. The molecule has 1 aliphatic heterocycles. The number of allylic oxidation sites excluding steroid dienone is 5. The van der Waals surface area contributed by atoms with Crippen molar-refractivity contribution in [2.24, 2.45) is 0 Å². The van der Waals surface area contributed by atoms with Crippen molar-refractivity contribution in [3.05, 3.63) is 85.5 Å². The summed E-state index contributed by atoms with van der Waals surface area (Å²) in [6, 6.07) is 11.4. The zero-order chi connectivity index (χ0) is 24.7. The van der Waals surface area contributed by atoms with Gasteiger partial charge in [0.1, 0.15) is 35.0 Å². The van der Waals surface area contributed by atoms with Gasteiger partial charge in [-0.05, 0) is 80.5 Å². The predicted octanol–water partition coefficient (Wildman–Crippen LogP) is 6.09. The molecule has 2 aromatic rings. The molecule has 6 heteroatoms. The summed E-state index contributed by atoms with van der Waals surface area (Å²) in [5.41, 5.74) is 4.85. The first-order valence-electron chi connectivity index (χ1n) is 11.4. The maximum atomic E-state index is 12.8. The Balaban J connectivity index is 1.61. The van der Waals surface area contributed by atoms with Gasteiger partial charge in [0.2, 0.25) is 0 Å². The summed E-state index contributed by atoms with van der Waals surface area (Å²) in [5.74, 6) is -0.0391. The first-order chi connectivity index (χ1) is 16.9. The van der Waals surface area contributed by atoms with Crippen LogP contribution in [0.5, 0.6) is 0 Å². The van der Waals surface area contributed by atoms with Gasteiger partial charge in [-0.2, -0.15) is 15.8 Å². The first kappa shape index (κ1) is 22.2. The van der Waals surface area contributed by atoms with E-state index < -0.39 is 11.2 Å². The molecular weight excluding hydrogens is 438 g/mol. The molecule has 0 saturated carbocycles. The lowest BCUT2D eigenvalue weighted by Crippen LogP contribution is -2.20. The fourth-order valence-electron chi connectivity index (χ4n) is 4.87. The van der Waals surface area contributed by atoms with Crippen LogP contribution in [-0.2, 0) is 4.74 Å². The number of benzene rings is 1. The van der Waals surface area contributed by atoms with Crippen LogP contribution < -0.4 is 5.63 Å². The number of fused-ring (bicyclic) bond motifs is 3. The van der Waals surface area contributed by atoms with Crippen LogP contribution in [-0.4, -0.2) is 5.60 Å². The van der Waals surface area contributed by atoms with Crippen LogP contribution in [0.15, 0.2) is 67.6 Å².